The van der Waals surface area contributed by atoms with Gasteiger partial charge in [-0.15, -0.1) is 6.08 Å². The Balaban J connectivity index is 0. The molecule has 0 bridgehead atoms. The van der Waals surface area contributed by atoms with E-state index in [9.17, 15) is 0 Å². The van der Waals surface area contributed by atoms with Gasteiger partial charge in [-0.05, 0) is 6.42 Å². The second-order valence-corrected chi connectivity index (χ2v) is 2.01. The SMILES string of the molecule is CCC1=[C-]CC=CC1.[CH2-]C.[Ru+2]. The first-order chi connectivity index (χ1) is 4.93. The summed E-state index contributed by atoms with van der Waals surface area (Å²) in [5, 5.41) is 0. The molecule has 0 aromatic carbocycles. The topological polar surface area (TPSA) is 0 Å². The number of rotatable bonds is 1. The summed E-state index contributed by atoms with van der Waals surface area (Å²) < 4.78 is 0. The Hall–Kier alpha value is 0.103. The molecule has 1 aliphatic carbocycles. The second-order valence-electron chi connectivity index (χ2n) is 2.01. The fourth-order valence-electron chi connectivity index (χ4n) is 0.854. The van der Waals surface area contributed by atoms with Crippen LogP contribution in [-0.4, -0.2) is 0 Å². The molecule has 1 rings (SSSR count). The third-order valence-electron chi connectivity index (χ3n) is 1.43. The van der Waals surface area contributed by atoms with Gasteiger partial charge in [-0.2, -0.15) is 13.3 Å². The van der Waals surface area contributed by atoms with Crippen molar-refractivity contribution in [3.05, 3.63) is 30.7 Å². The van der Waals surface area contributed by atoms with Gasteiger partial charge < -0.3 is 13.0 Å². The summed E-state index contributed by atoms with van der Waals surface area (Å²) in [7, 11) is 0. The Morgan fingerprint density at radius 2 is 2.09 bits per heavy atom. The van der Waals surface area contributed by atoms with E-state index >= 15 is 0 Å². The van der Waals surface area contributed by atoms with E-state index in [1.807, 2.05) is 0 Å². The van der Waals surface area contributed by atoms with Crippen LogP contribution >= 0.6 is 0 Å². The summed E-state index contributed by atoms with van der Waals surface area (Å²) in [5.41, 5.74) is 1.47. The van der Waals surface area contributed by atoms with Crippen molar-refractivity contribution < 1.29 is 19.5 Å². The molecule has 0 aromatic rings. The average Bonchev–Trinajstić information content (AvgIpc) is 2.10. The van der Waals surface area contributed by atoms with Gasteiger partial charge in [-0.3, -0.25) is 5.57 Å². The third-order valence-corrected chi connectivity index (χ3v) is 1.43. The van der Waals surface area contributed by atoms with Crippen LogP contribution in [0.5, 0.6) is 0 Å². The van der Waals surface area contributed by atoms with Gasteiger partial charge in [0.1, 0.15) is 0 Å². The Bertz CT molecular complexity index is 123. The van der Waals surface area contributed by atoms with Gasteiger partial charge >= 0.3 is 19.5 Å². The molecule has 0 heterocycles. The van der Waals surface area contributed by atoms with E-state index in [2.05, 4.69) is 32.1 Å². The number of allylic oxidation sites excluding steroid dienone is 4. The molecule has 0 saturated heterocycles. The molecule has 0 nitrogen and oxygen atoms in total. The standard InChI is InChI=1S/C8H11.C2H5.Ru/c1-2-8-6-4-3-5-7-8;1-2;/h3-4H,2,5-6H2,1H3;1H2,2H3;/q2*-1;+2. The van der Waals surface area contributed by atoms with Crippen molar-refractivity contribution >= 4 is 0 Å². The molecule has 0 aliphatic heterocycles. The van der Waals surface area contributed by atoms with Crippen LogP contribution in [-0.2, 0) is 19.5 Å². The number of hydrogen-bond acceptors (Lipinski definition) is 0. The largest absolute Gasteiger partial charge is 2.00 e. The summed E-state index contributed by atoms with van der Waals surface area (Å²) in [6.45, 7) is 7.18. The maximum absolute atomic E-state index is 3.30. The van der Waals surface area contributed by atoms with Gasteiger partial charge in [0.05, 0.1) is 0 Å². The van der Waals surface area contributed by atoms with Gasteiger partial charge in [0.25, 0.3) is 0 Å². The Labute approximate surface area is 83.5 Å². The molecular weight excluding hydrogens is 221 g/mol. The smallest absolute Gasteiger partial charge is 0.493 e. The molecule has 1 aliphatic rings. The molecule has 0 unspecified atom stereocenters. The van der Waals surface area contributed by atoms with Crippen LogP contribution < -0.4 is 0 Å². The van der Waals surface area contributed by atoms with Crippen LogP contribution in [0.2, 0.25) is 0 Å². The van der Waals surface area contributed by atoms with E-state index in [4.69, 9.17) is 0 Å². The van der Waals surface area contributed by atoms with Gasteiger partial charge in [0.2, 0.25) is 0 Å². The van der Waals surface area contributed by atoms with Crippen LogP contribution in [0.25, 0.3) is 0 Å². The molecule has 0 atom stereocenters. The fourth-order valence-corrected chi connectivity index (χ4v) is 0.854. The van der Waals surface area contributed by atoms with Crippen LogP contribution in [0, 0.1) is 13.0 Å². The molecule has 0 aromatic heterocycles. The fraction of sp³-hybridized carbons (Fsp3) is 0.500. The van der Waals surface area contributed by atoms with Crippen LogP contribution in [0.1, 0.15) is 33.1 Å². The van der Waals surface area contributed by atoms with Crippen molar-refractivity contribution in [2.75, 3.05) is 0 Å². The summed E-state index contributed by atoms with van der Waals surface area (Å²) in [5.74, 6) is 0. The van der Waals surface area contributed by atoms with Crippen molar-refractivity contribution in [3.8, 4) is 0 Å². The van der Waals surface area contributed by atoms with Crippen molar-refractivity contribution in [2.45, 2.75) is 33.1 Å². The third kappa shape index (κ3) is 6.50. The first-order valence-electron chi connectivity index (χ1n) is 3.87. The van der Waals surface area contributed by atoms with E-state index in [0.29, 0.717) is 0 Å². The van der Waals surface area contributed by atoms with Gasteiger partial charge in [0, 0.05) is 0 Å². The summed E-state index contributed by atoms with van der Waals surface area (Å²) in [6.07, 6.45) is 11.0. The maximum atomic E-state index is 3.30. The minimum atomic E-state index is 0. The zero-order valence-electron chi connectivity index (χ0n) is 7.34. The zero-order valence-corrected chi connectivity index (χ0v) is 9.07. The molecule has 1 heteroatoms. The Kier molecular flexibility index (Phi) is 12.6. The predicted molar refractivity (Wildman–Crippen MR) is 46.5 cm³/mol. The van der Waals surface area contributed by atoms with Gasteiger partial charge in [0.15, 0.2) is 0 Å². The summed E-state index contributed by atoms with van der Waals surface area (Å²) in [6, 6.07) is 0. The second kappa shape index (κ2) is 10.1. The van der Waals surface area contributed by atoms with Crippen LogP contribution in [0.3, 0.4) is 0 Å². The Morgan fingerprint density at radius 3 is 2.36 bits per heavy atom. The summed E-state index contributed by atoms with van der Waals surface area (Å²) in [4.78, 5) is 0. The zero-order chi connectivity index (χ0) is 7.82. The van der Waals surface area contributed by atoms with Crippen LogP contribution in [0.4, 0.5) is 0 Å². The van der Waals surface area contributed by atoms with Crippen molar-refractivity contribution in [2.24, 2.45) is 0 Å². The number of hydrogen-bond donors (Lipinski definition) is 0. The molecule has 11 heavy (non-hydrogen) atoms. The van der Waals surface area contributed by atoms with E-state index in [0.717, 1.165) is 12.8 Å². The van der Waals surface area contributed by atoms with E-state index in [1.165, 1.54) is 12.0 Å². The molecular formula is C10H16Ru. The molecule has 0 N–H and O–H groups in total. The van der Waals surface area contributed by atoms with Gasteiger partial charge in [-0.1, -0.05) is 19.4 Å². The molecule has 0 spiro atoms. The van der Waals surface area contributed by atoms with Crippen molar-refractivity contribution in [3.63, 3.8) is 0 Å². The van der Waals surface area contributed by atoms with E-state index in [1.54, 1.807) is 6.92 Å². The molecule has 0 radical (unpaired) electrons. The van der Waals surface area contributed by atoms with E-state index < -0.39 is 0 Å². The summed E-state index contributed by atoms with van der Waals surface area (Å²) >= 11 is 0. The first kappa shape index (κ1) is 13.7. The normalized spacial score (nSPS) is 13.9. The molecule has 0 amide bonds. The van der Waals surface area contributed by atoms with E-state index in [-0.39, 0.29) is 19.5 Å². The monoisotopic (exact) mass is 238 g/mol. The van der Waals surface area contributed by atoms with Crippen molar-refractivity contribution in [1.82, 2.24) is 0 Å². The average molecular weight is 237 g/mol. The molecule has 0 saturated carbocycles. The first-order valence-corrected chi connectivity index (χ1v) is 3.87. The van der Waals surface area contributed by atoms with Crippen LogP contribution in [0.15, 0.2) is 17.7 Å². The quantitative estimate of drug-likeness (QED) is 0.373. The predicted octanol–water partition coefficient (Wildman–Crippen LogP) is 3.31. The molecule has 0 fully saturated rings. The van der Waals surface area contributed by atoms with Gasteiger partial charge in [-0.25, -0.2) is 0 Å². The van der Waals surface area contributed by atoms with Crippen molar-refractivity contribution in [1.29, 1.82) is 0 Å². The minimum Gasteiger partial charge on any atom is -0.493 e. The maximum Gasteiger partial charge on any atom is 2.00 e. The Morgan fingerprint density at radius 1 is 1.45 bits per heavy atom. The minimum absolute atomic E-state index is 0. The molecule has 64 valence electrons.